The maximum absolute atomic E-state index is 13.7. The first-order valence-electron chi connectivity index (χ1n) is 14.0. The van der Waals surface area contributed by atoms with Gasteiger partial charge < -0.3 is 29.1 Å². The number of nitrogens with two attached hydrogens (primary N) is 1. The molecule has 45 heavy (non-hydrogen) atoms. The molecule has 0 bridgehead atoms. The summed E-state index contributed by atoms with van der Waals surface area (Å²) in [6.45, 7) is 4.22. The highest BCUT2D eigenvalue weighted by Crippen LogP contribution is 2.45. The first-order chi connectivity index (χ1) is 21.7. The van der Waals surface area contributed by atoms with Crippen molar-refractivity contribution < 1.29 is 32.5 Å². The first kappa shape index (κ1) is 29.6. The molecule has 10 heteroatoms. The molecule has 0 saturated carbocycles. The number of aryl methyl sites for hydroxylation is 1. The summed E-state index contributed by atoms with van der Waals surface area (Å²) in [5, 5.41) is 11.2. The fourth-order valence-electron chi connectivity index (χ4n) is 5.22. The van der Waals surface area contributed by atoms with Crippen molar-refractivity contribution >= 4 is 28.5 Å². The van der Waals surface area contributed by atoms with Crippen LogP contribution in [0.2, 0.25) is 5.02 Å². The molecule has 0 aliphatic carbocycles. The van der Waals surface area contributed by atoms with Crippen molar-refractivity contribution in [3.8, 4) is 29.1 Å². The number of fused-ring (bicyclic) bond motifs is 2. The second kappa shape index (κ2) is 12.3. The summed E-state index contributed by atoms with van der Waals surface area (Å²) in [4.78, 5) is 13.0. The van der Waals surface area contributed by atoms with E-state index in [9.17, 15) is 14.4 Å². The van der Waals surface area contributed by atoms with E-state index in [0.717, 1.165) is 11.1 Å². The molecule has 5 aromatic rings. The zero-order chi connectivity index (χ0) is 31.7. The number of carbonyl (C=O) groups excluding carboxylic acids is 1. The maximum atomic E-state index is 13.7. The number of halogens is 2. The lowest BCUT2D eigenvalue weighted by Crippen LogP contribution is -2.21. The largest absolute Gasteiger partial charge is 0.490 e. The minimum atomic E-state index is -0.756. The number of rotatable bonds is 8. The fourth-order valence-corrected chi connectivity index (χ4v) is 5.34. The first-order valence-corrected chi connectivity index (χ1v) is 14.4. The second-order valence-electron chi connectivity index (χ2n) is 10.3. The van der Waals surface area contributed by atoms with E-state index >= 15 is 0 Å². The molecule has 2 N–H and O–H groups in total. The average Bonchev–Trinajstić information content (AvgIpc) is 3.36. The number of nitrogens with zero attached hydrogens (tertiary/aromatic N) is 1. The van der Waals surface area contributed by atoms with Crippen molar-refractivity contribution in [2.75, 3.05) is 6.61 Å². The van der Waals surface area contributed by atoms with Crippen LogP contribution in [-0.2, 0) is 6.61 Å². The Morgan fingerprint density at radius 1 is 1.02 bits per heavy atom. The second-order valence-corrected chi connectivity index (χ2v) is 10.7. The summed E-state index contributed by atoms with van der Waals surface area (Å²) >= 11 is 6.00. The van der Waals surface area contributed by atoms with Gasteiger partial charge in [0.05, 0.1) is 12.5 Å². The number of carbonyl (C=O) groups is 1. The molecule has 0 fully saturated rings. The van der Waals surface area contributed by atoms with Crippen LogP contribution in [0.3, 0.4) is 0 Å². The number of allylic oxidation sites excluding steroid dienone is 1. The molecule has 0 amide bonds. The SMILES string of the molecule is CCOc1cc(C2C(C#N)=C(N)Oc3cc(OC(=O)c4oc5ccc(F)cc5c4C)ccc32)ccc1OCc1ccc(Cl)cc1. The molecule has 0 saturated heterocycles. The van der Waals surface area contributed by atoms with Gasteiger partial charge in [-0.1, -0.05) is 35.9 Å². The highest BCUT2D eigenvalue weighted by molar-refractivity contribution is 6.30. The average molecular weight is 625 g/mol. The van der Waals surface area contributed by atoms with E-state index in [4.69, 9.17) is 40.7 Å². The molecule has 1 unspecified atom stereocenters. The predicted molar refractivity (Wildman–Crippen MR) is 165 cm³/mol. The topological polar surface area (TPSA) is 117 Å². The minimum absolute atomic E-state index is 0.0416. The van der Waals surface area contributed by atoms with Crippen molar-refractivity contribution in [1.29, 1.82) is 5.26 Å². The van der Waals surface area contributed by atoms with E-state index in [1.54, 1.807) is 37.3 Å². The Hall–Kier alpha value is -5.46. The number of furan rings is 1. The van der Waals surface area contributed by atoms with E-state index < -0.39 is 17.7 Å². The Kier molecular flexibility index (Phi) is 8.07. The van der Waals surface area contributed by atoms with Crippen molar-refractivity contribution in [1.82, 2.24) is 0 Å². The number of hydrogen-bond acceptors (Lipinski definition) is 8. The lowest BCUT2D eigenvalue weighted by molar-refractivity contribution is 0.0702. The van der Waals surface area contributed by atoms with Gasteiger partial charge in [-0.2, -0.15) is 5.26 Å². The molecule has 1 aliphatic heterocycles. The minimum Gasteiger partial charge on any atom is -0.490 e. The third-order valence-corrected chi connectivity index (χ3v) is 7.65. The number of benzene rings is 4. The van der Waals surface area contributed by atoms with Gasteiger partial charge in [0.15, 0.2) is 11.5 Å². The van der Waals surface area contributed by atoms with Gasteiger partial charge in [-0.05, 0) is 73.5 Å². The monoisotopic (exact) mass is 624 g/mol. The van der Waals surface area contributed by atoms with Gasteiger partial charge in [-0.3, -0.25) is 0 Å². The molecular weight excluding hydrogens is 599 g/mol. The van der Waals surface area contributed by atoms with E-state index in [0.29, 0.717) is 57.6 Å². The van der Waals surface area contributed by atoms with Crippen LogP contribution >= 0.6 is 11.6 Å². The Labute approximate surface area is 262 Å². The smallest absolute Gasteiger partial charge is 0.379 e. The molecule has 226 valence electrons. The Morgan fingerprint density at radius 3 is 2.58 bits per heavy atom. The van der Waals surface area contributed by atoms with Gasteiger partial charge in [-0.25, -0.2) is 9.18 Å². The molecule has 2 heterocycles. The molecular formula is C35H26ClFN2O6. The van der Waals surface area contributed by atoms with Gasteiger partial charge in [0, 0.05) is 27.6 Å². The van der Waals surface area contributed by atoms with E-state index in [1.807, 2.05) is 31.2 Å². The standard InChI is InChI=1S/C35H26ClFN2O6/c1-3-41-31-14-21(6-12-29(31)42-18-20-4-7-22(36)8-5-20)32-25-11-10-24(16-30(25)45-34(39)27(32)17-38)43-35(40)33-19(2)26-15-23(37)9-13-28(26)44-33/h4-16,32H,3,18,39H2,1-2H3. The van der Waals surface area contributed by atoms with Gasteiger partial charge in [0.25, 0.3) is 0 Å². The van der Waals surface area contributed by atoms with Gasteiger partial charge in [-0.15, -0.1) is 0 Å². The summed E-state index contributed by atoms with van der Waals surface area (Å²) in [5.74, 6) is -0.403. The number of hydrogen-bond donors (Lipinski definition) is 1. The molecule has 4 aromatic carbocycles. The van der Waals surface area contributed by atoms with Gasteiger partial charge >= 0.3 is 5.97 Å². The molecule has 0 radical (unpaired) electrons. The van der Waals surface area contributed by atoms with Crippen LogP contribution in [0.15, 0.2) is 94.7 Å². The van der Waals surface area contributed by atoms with E-state index in [2.05, 4.69) is 6.07 Å². The lowest BCUT2D eigenvalue weighted by atomic mass is 9.83. The summed E-state index contributed by atoms with van der Waals surface area (Å²) in [5.41, 5.74) is 9.55. The molecule has 6 rings (SSSR count). The third kappa shape index (κ3) is 5.88. The Balaban J connectivity index is 1.29. The number of ether oxygens (including phenoxy) is 4. The van der Waals surface area contributed by atoms with Gasteiger partial charge in [0.2, 0.25) is 11.6 Å². The molecule has 1 aromatic heterocycles. The van der Waals surface area contributed by atoms with Crippen LogP contribution in [0.25, 0.3) is 11.0 Å². The van der Waals surface area contributed by atoms with E-state index in [-0.39, 0.29) is 23.0 Å². The normalized spacial score (nSPS) is 14.0. The molecule has 0 spiro atoms. The number of nitriles is 1. The van der Waals surface area contributed by atoms with Crippen LogP contribution in [0.4, 0.5) is 4.39 Å². The fraction of sp³-hybridized carbons (Fsp3) is 0.143. The molecule has 1 atom stereocenters. The van der Waals surface area contributed by atoms with Crippen molar-refractivity contribution in [3.05, 3.63) is 129 Å². The van der Waals surface area contributed by atoms with Crippen LogP contribution in [-0.4, -0.2) is 12.6 Å². The zero-order valence-electron chi connectivity index (χ0n) is 24.2. The summed E-state index contributed by atoms with van der Waals surface area (Å²) < 4.78 is 42.8. The highest BCUT2D eigenvalue weighted by Gasteiger charge is 2.32. The predicted octanol–water partition coefficient (Wildman–Crippen LogP) is 7.95. The number of esters is 1. The van der Waals surface area contributed by atoms with Crippen molar-refractivity contribution in [2.45, 2.75) is 26.4 Å². The Morgan fingerprint density at radius 2 is 1.82 bits per heavy atom. The maximum Gasteiger partial charge on any atom is 0.379 e. The van der Waals surface area contributed by atoms with Crippen LogP contribution < -0.4 is 24.7 Å². The Bertz CT molecular complexity index is 2010. The van der Waals surface area contributed by atoms with E-state index in [1.165, 1.54) is 24.3 Å². The molecule has 1 aliphatic rings. The summed E-state index contributed by atoms with van der Waals surface area (Å²) in [6.07, 6.45) is 0. The summed E-state index contributed by atoms with van der Waals surface area (Å²) in [6, 6.07) is 23.8. The summed E-state index contributed by atoms with van der Waals surface area (Å²) in [7, 11) is 0. The lowest BCUT2D eigenvalue weighted by Gasteiger charge is -2.27. The van der Waals surface area contributed by atoms with Crippen LogP contribution in [0, 0.1) is 24.1 Å². The van der Waals surface area contributed by atoms with Crippen molar-refractivity contribution in [2.24, 2.45) is 5.73 Å². The zero-order valence-corrected chi connectivity index (χ0v) is 25.0. The highest BCUT2D eigenvalue weighted by atomic mass is 35.5. The van der Waals surface area contributed by atoms with Gasteiger partial charge in [0.1, 0.15) is 41.1 Å². The van der Waals surface area contributed by atoms with Crippen LogP contribution in [0.1, 0.15) is 45.7 Å². The third-order valence-electron chi connectivity index (χ3n) is 7.39. The van der Waals surface area contributed by atoms with Crippen LogP contribution in [0.5, 0.6) is 23.0 Å². The molecule has 8 nitrogen and oxygen atoms in total. The van der Waals surface area contributed by atoms with Crippen molar-refractivity contribution in [3.63, 3.8) is 0 Å². The quantitative estimate of drug-likeness (QED) is 0.137.